The molecule has 0 saturated carbocycles. The van der Waals surface area contributed by atoms with Gasteiger partial charge in [0.15, 0.2) is 0 Å². The molecule has 0 radical (unpaired) electrons. The van der Waals surface area contributed by atoms with E-state index in [2.05, 4.69) is 10.2 Å². The number of benzene rings is 2. The number of anilines is 2. The SMILES string of the molecule is COc1cc(C)c(S(=O)(=O)N2CCCC2COCC(=O)Nc2ccc(N3CCOCC3)c(Cl)c2)c(C)c1. The molecule has 0 spiro atoms. The van der Waals surface area contributed by atoms with Gasteiger partial charge in [0.1, 0.15) is 12.4 Å². The zero-order valence-corrected chi connectivity index (χ0v) is 23.0. The summed E-state index contributed by atoms with van der Waals surface area (Å²) < 4.78 is 44.9. The minimum Gasteiger partial charge on any atom is -0.497 e. The standard InChI is InChI=1S/C26H34ClN3O6S/c1-18-13-22(34-3)14-19(2)26(18)37(32,33)30-8-4-5-21(30)16-36-17-25(31)28-20-6-7-24(23(27)15-20)29-9-11-35-12-10-29/h6-7,13-15,21H,4-5,8-12,16-17H2,1-3H3,(H,28,31). The number of amides is 1. The first-order chi connectivity index (χ1) is 17.7. The number of nitrogens with one attached hydrogen (secondary N) is 1. The molecule has 0 aromatic heterocycles. The molecule has 2 heterocycles. The number of morpholine rings is 1. The maximum Gasteiger partial charge on any atom is 0.250 e. The largest absolute Gasteiger partial charge is 0.497 e. The van der Waals surface area contributed by atoms with Crippen LogP contribution < -0.4 is 15.0 Å². The van der Waals surface area contributed by atoms with E-state index in [0.29, 0.717) is 58.7 Å². The van der Waals surface area contributed by atoms with Crippen LogP contribution in [0.2, 0.25) is 5.02 Å². The second-order valence-electron chi connectivity index (χ2n) is 9.33. The maximum absolute atomic E-state index is 13.5. The van der Waals surface area contributed by atoms with Crippen LogP contribution in [0.25, 0.3) is 0 Å². The van der Waals surface area contributed by atoms with Gasteiger partial charge in [0, 0.05) is 31.4 Å². The quantitative estimate of drug-likeness (QED) is 0.508. The summed E-state index contributed by atoms with van der Waals surface area (Å²) in [5.74, 6) is 0.294. The summed E-state index contributed by atoms with van der Waals surface area (Å²) in [6.45, 7) is 6.76. The number of rotatable bonds is 9. The van der Waals surface area contributed by atoms with Crippen LogP contribution in [0.1, 0.15) is 24.0 Å². The summed E-state index contributed by atoms with van der Waals surface area (Å²) in [6, 6.07) is 8.53. The summed E-state index contributed by atoms with van der Waals surface area (Å²) in [7, 11) is -2.16. The first-order valence-corrected chi connectivity index (χ1v) is 14.2. The van der Waals surface area contributed by atoms with E-state index in [1.54, 1.807) is 45.2 Å². The van der Waals surface area contributed by atoms with E-state index < -0.39 is 10.0 Å². The van der Waals surface area contributed by atoms with Gasteiger partial charge in [0.05, 0.1) is 42.5 Å². The number of ether oxygens (including phenoxy) is 3. The summed E-state index contributed by atoms with van der Waals surface area (Å²) in [6.07, 6.45) is 1.41. The molecule has 1 unspecified atom stereocenters. The number of hydrogen-bond acceptors (Lipinski definition) is 7. The third-order valence-corrected chi connectivity index (χ3v) is 9.25. The Bertz CT molecular complexity index is 1210. The Kier molecular flexibility index (Phi) is 8.97. The second kappa shape index (κ2) is 12.0. The number of methoxy groups -OCH3 is 1. The van der Waals surface area contributed by atoms with Gasteiger partial charge in [0.2, 0.25) is 15.9 Å². The number of carbonyl (C=O) groups is 1. The molecular weight excluding hydrogens is 518 g/mol. The third kappa shape index (κ3) is 6.38. The molecule has 202 valence electrons. The number of aryl methyl sites for hydroxylation is 2. The molecule has 1 amide bonds. The molecule has 9 nitrogen and oxygen atoms in total. The van der Waals surface area contributed by atoms with E-state index in [-0.39, 0.29) is 25.2 Å². The minimum atomic E-state index is -3.72. The van der Waals surface area contributed by atoms with Crippen molar-refractivity contribution in [2.75, 3.05) is 63.4 Å². The normalized spacial score (nSPS) is 18.7. The number of carbonyl (C=O) groups excluding carboxylic acids is 1. The molecule has 2 saturated heterocycles. The summed E-state index contributed by atoms with van der Waals surface area (Å²) >= 11 is 6.45. The maximum atomic E-state index is 13.5. The highest BCUT2D eigenvalue weighted by atomic mass is 35.5. The molecule has 2 aromatic carbocycles. The topological polar surface area (TPSA) is 97.4 Å². The average Bonchev–Trinajstić information content (AvgIpc) is 3.33. The van der Waals surface area contributed by atoms with Gasteiger partial charge in [-0.25, -0.2) is 8.42 Å². The Morgan fingerprint density at radius 2 is 1.84 bits per heavy atom. The van der Waals surface area contributed by atoms with Crippen LogP contribution in [-0.2, 0) is 24.3 Å². The average molecular weight is 552 g/mol. The van der Waals surface area contributed by atoms with Crippen LogP contribution >= 0.6 is 11.6 Å². The molecule has 4 rings (SSSR count). The van der Waals surface area contributed by atoms with Gasteiger partial charge in [-0.2, -0.15) is 4.31 Å². The number of hydrogen-bond donors (Lipinski definition) is 1. The van der Waals surface area contributed by atoms with E-state index in [1.807, 2.05) is 6.07 Å². The van der Waals surface area contributed by atoms with Gasteiger partial charge in [-0.15, -0.1) is 0 Å². The fourth-order valence-electron chi connectivity index (χ4n) is 4.97. The number of sulfonamides is 1. The van der Waals surface area contributed by atoms with Crippen molar-refractivity contribution in [1.82, 2.24) is 4.31 Å². The van der Waals surface area contributed by atoms with Gasteiger partial charge in [-0.3, -0.25) is 4.79 Å². The van der Waals surface area contributed by atoms with E-state index >= 15 is 0 Å². The van der Waals surface area contributed by atoms with E-state index in [4.69, 9.17) is 25.8 Å². The van der Waals surface area contributed by atoms with Crippen LogP contribution in [-0.4, -0.2) is 77.8 Å². The Balaban J connectivity index is 1.33. The highest BCUT2D eigenvalue weighted by Crippen LogP contribution is 2.33. The van der Waals surface area contributed by atoms with Gasteiger partial charge in [-0.05, 0) is 68.1 Å². The summed E-state index contributed by atoms with van der Waals surface area (Å²) in [5, 5.41) is 3.35. The lowest BCUT2D eigenvalue weighted by atomic mass is 10.1. The van der Waals surface area contributed by atoms with Gasteiger partial charge >= 0.3 is 0 Å². The van der Waals surface area contributed by atoms with Crippen LogP contribution in [0.4, 0.5) is 11.4 Å². The molecule has 2 aromatic rings. The lowest BCUT2D eigenvalue weighted by Crippen LogP contribution is -2.39. The second-order valence-corrected chi connectivity index (χ2v) is 11.6. The lowest BCUT2D eigenvalue weighted by molar-refractivity contribution is -0.120. The molecule has 2 aliphatic rings. The van der Waals surface area contributed by atoms with Crippen molar-refractivity contribution in [1.29, 1.82) is 0 Å². The molecule has 37 heavy (non-hydrogen) atoms. The molecular formula is C26H34ClN3O6S. The molecule has 2 fully saturated rings. The van der Waals surface area contributed by atoms with E-state index in [9.17, 15) is 13.2 Å². The fourth-order valence-corrected chi connectivity index (χ4v) is 7.37. The summed E-state index contributed by atoms with van der Waals surface area (Å²) in [4.78, 5) is 14.9. The zero-order valence-electron chi connectivity index (χ0n) is 21.5. The van der Waals surface area contributed by atoms with Crippen LogP contribution in [0.5, 0.6) is 5.75 Å². The molecule has 0 aliphatic carbocycles. The first kappa shape index (κ1) is 27.7. The van der Waals surface area contributed by atoms with Crippen molar-refractivity contribution in [2.24, 2.45) is 0 Å². The zero-order chi connectivity index (χ0) is 26.6. The predicted octanol–water partition coefficient (Wildman–Crippen LogP) is 3.61. The molecule has 2 aliphatic heterocycles. The van der Waals surface area contributed by atoms with Crippen LogP contribution in [0.15, 0.2) is 35.2 Å². The fraction of sp³-hybridized carbons (Fsp3) is 0.500. The highest BCUT2D eigenvalue weighted by molar-refractivity contribution is 7.89. The molecule has 1 N–H and O–H groups in total. The molecule has 11 heteroatoms. The van der Waals surface area contributed by atoms with Gasteiger partial charge in [-0.1, -0.05) is 11.6 Å². The Hall–Kier alpha value is -2.37. The van der Waals surface area contributed by atoms with E-state index in [0.717, 1.165) is 25.2 Å². The molecule has 0 bridgehead atoms. The highest BCUT2D eigenvalue weighted by Gasteiger charge is 2.37. The number of nitrogens with zero attached hydrogens (tertiary/aromatic N) is 2. The third-order valence-electron chi connectivity index (χ3n) is 6.69. The Morgan fingerprint density at radius 1 is 1.14 bits per heavy atom. The van der Waals surface area contributed by atoms with Crippen LogP contribution in [0.3, 0.4) is 0 Å². The monoisotopic (exact) mass is 551 g/mol. The van der Waals surface area contributed by atoms with Crippen molar-refractivity contribution >= 4 is 38.9 Å². The summed E-state index contributed by atoms with van der Waals surface area (Å²) in [5.41, 5.74) is 2.76. The Morgan fingerprint density at radius 3 is 2.49 bits per heavy atom. The Labute approximate surface area is 223 Å². The molecule has 1 atom stereocenters. The van der Waals surface area contributed by atoms with Crippen LogP contribution in [0, 0.1) is 13.8 Å². The predicted molar refractivity (Wildman–Crippen MR) is 143 cm³/mol. The van der Waals surface area contributed by atoms with Gasteiger partial charge in [0.25, 0.3) is 0 Å². The van der Waals surface area contributed by atoms with Crippen molar-refractivity contribution in [3.8, 4) is 5.75 Å². The van der Waals surface area contributed by atoms with E-state index in [1.165, 1.54) is 4.31 Å². The first-order valence-electron chi connectivity index (χ1n) is 12.4. The lowest BCUT2D eigenvalue weighted by Gasteiger charge is -2.29. The smallest absolute Gasteiger partial charge is 0.250 e. The number of halogens is 1. The van der Waals surface area contributed by atoms with Crippen molar-refractivity contribution in [3.05, 3.63) is 46.5 Å². The van der Waals surface area contributed by atoms with Crippen molar-refractivity contribution in [2.45, 2.75) is 37.6 Å². The van der Waals surface area contributed by atoms with Crippen molar-refractivity contribution in [3.63, 3.8) is 0 Å². The van der Waals surface area contributed by atoms with Gasteiger partial charge < -0.3 is 24.4 Å². The van der Waals surface area contributed by atoms with Crippen molar-refractivity contribution < 1.29 is 27.4 Å². The minimum absolute atomic E-state index is 0.137.